The zero-order valence-corrected chi connectivity index (χ0v) is 34.8. The SMILES string of the molecule is C=CCOC12Oc3ccc(Oc4ccc(SC)cc4)cc3C3C(CCCCO)C(CCCCO)C=C(C(=NOCC)CC1N(CCC)C(=O)c1ccc(C#N)cc1)C32. The highest BCUT2D eigenvalue weighted by Crippen LogP contribution is 2.62. The summed E-state index contributed by atoms with van der Waals surface area (Å²) in [5, 5.41) is 34.1. The van der Waals surface area contributed by atoms with Gasteiger partial charge in [0.15, 0.2) is 0 Å². The molecule has 3 aromatic carbocycles. The number of unbranched alkanes of at least 4 members (excludes halogenated alkanes) is 2. The topological polar surface area (TPSA) is 134 Å². The zero-order chi connectivity index (χ0) is 41.1. The molecule has 3 aliphatic rings. The van der Waals surface area contributed by atoms with Crippen molar-refractivity contribution in [2.75, 3.05) is 39.2 Å². The Morgan fingerprint density at radius 3 is 2.41 bits per heavy atom. The van der Waals surface area contributed by atoms with Crippen molar-refractivity contribution in [3.05, 3.63) is 108 Å². The molecule has 1 aliphatic heterocycles. The summed E-state index contributed by atoms with van der Waals surface area (Å²) in [6, 6.07) is 22.3. The van der Waals surface area contributed by atoms with Crippen molar-refractivity contribution in [3.63, 3.8) is 0 Å². The van der Waals surface area contributed by atoms with Gasteiger partial charge in [0.25, 0.3) is 5.91 Å². The molecule has 0 bridgehead atoms. The second kappa shape index (κ2) is 20.4. The van der Waals surface area contributed by atoms with Gasteiger partial charge in [-0.25, -0.2) is 0 Å². The summed E-state index contributed by atoms with van der Waals surface area (Å²) >= 11 is 1.68. The molecular weight excluding hydrogens is 751 g/mol. The van der Waals surface area contributed by atoms with Crippen LogP contribution in [0.1, 0.15) is 92.6 Å². The number of thioether (sulfide) groups is 1. The Morgan fingerprint density at radius 1 is 1.03 bits per heavy atom. The average Bonchev–Trinajstić information content (AvgIpc) is 3.25. The maximum atomic E-state index is 14.8. The van der Waals surface area contributed by atoms with Gasteiger partial charge in [-0.3, -0.25) is 4.79 Å². The summed E-state index contributed by atoms with van der Waals surface area (Å²) in [6.45, 7) is 9.18. The normalized spacial score (nSPS) is 23.8. The number of hydrogen-bond donors (Lipinski definition) is 2. The number of oxime groups is 1. The number of benzene rings is 3. The minimum absolute atomic E-state index is 0.0883. The van der Waals surface area contributed by atoms with Crippen molar-refractivity contribution in [2.45, 2.75) is 87.9 Å². The van der Waals surface area contributed by atoms with Crippen molar-refractivity contribution < 1.29 is 34.1 Å². The van der Waals surface area contributed by atoms with E-state index in [9.17, 15) is 20.3 Å². The van der Waals surface area contributed by atoms with E-state index >= 15 is 0 Å². The lowest BCUT2D eigenvalue weighted by Crippen LogP contribution is -2.70. The Hall–Kier alpha value is -4.60. The van der Waals surface area contributed by atoms with E-state index in [1.54, 1.807) is 42.1 Å². The van der Waals surface area contributed by atoms with E-state index in [-0.39, 0.29) is 43.5 Å². The first kappa shape index (κ1) is 43.0. The van der Waals surface area contributed by atoms with E-state index in [0.717, 1.165) is 53.2 Å². The molecule has 1 amide bonds. The van der Waals surface area contributed by atoms with Gasteiger partial charge in [-0.15, -0.1) is 18.3 Å². The van der Waals surface area contributed by atoms with Gasteiger partial charge in [0.2, 0.25) is 5.79 Å². The number of carbonyl (C=O) groups excluding carboxylic acids is 1. The van der Waals surface area contributed by atoms with Crippen molar-refractivity contribution in [1.29, 1.82) is 5.26 Å². The van der Waals surface area contributed by atoms with Crippen LogP contribution in [0.4, 0.5) is 0 Å². The molecule has 1 saturated carbocycles. The predicted octanol–water partition coefficient (Wildman–Crippen LogP) is 9.28. The van der Waals surface area contributed by atoms with Gasteiger partial charge in [0.1, 0.15) is 29.9 Å². The Morgan fingerprint density at radius 2 is 1.76 bits per heavy atom. The molecule has 1 fully saturated rings. The highest BCUT2D eigenvalue weighted by Gasteiger charge is 2.65. The average molecular weight is 808 g/mol. The van der Waals surface area contributed by atoms with E-state index in [2.05, 4.69) is 24.8 Å². The number of aliphatic hydroxyl groups excluding tert-OH is 2. The molecule has 0 radical (unpaired) electrons. The van der Waals surface area contributed by atoms with Crippen LogP contribution in [0.2, 0.25) is 0 Å². The van der Waals surface area contributed by atoms with Crippen LogP contribution in [0.25, 0.3) is 0 Å². The van der Waals surface area contributed by atoms with Crippen LogP contribution in [-0.4, -0.2) is 77.8 Å². The fourth-order valence-corrected chi connectivity index (χ4v) is 9.54. The van der Waals surface area contributed by atoms with Gasteiger partial charge < -0.3 is 34.2 Å². The van der Waals surface area contributed by atoms with E-state index in [1.807, 2.05) is 61.4 Å². The molecule has 6 atom stereocenters. The smallest absolute Gasteiger partial charge is 0.254 e. The second-order valence-electron chi connectivity index (χ2n) is 15.2. The van der Waals surface area contributed by atoms with Crippen LogP contribution in [0.15, 0.2) is 101 Å². The van der Waals surface area contributed by atoms with Crippen molar-refractivity contribution >= 4 is 23.4 Å². The van der Waals surface area contributed by atoms with E-state index in [1.165, 1.54) is 0 Å². The molecule has 2 aliphatic carbocycles. The molecule has 6 rings (SSSR count). The fourth-order valence-electron chi connectivity index (χ4n) is 9.13. The number of allylic oxidation sites excluding steroid dienone is 1. The first-order valence-corrected chi connectivity index (χ1v) is 21.9. The molecule has 6 unspecified atom stereocenters. The zero-order valence-electron chi connectivity index (χ0n) is 34.0. The number of amides is 1. The molecule has 2 N–H and O–H groups in total. The maximum Gasteiger partial charge on any atom is 0.254 e. The van der Waals surface area contributed by atoms with Gasteiger partial charge in [0, 0.05) is 48.1 Å². The van der Waals surface area contributed by atoms with Crippen LogP contribution in [0.5, 0.6) is 17.2 Å². The Balaban J connectivity index is 1.58. The second-order valence-corrected chi connectivity index (χ2v) is 16.0. The number of ether oxygens (including phenoxy) is 3. The molecule has 3 aromatic rings. The minimum Gasteiger partial charge on any atom is -0.459 e. The first-order valence-electron chi connectivity index (χ1n) is 20.7. The van der Waals surface area contributed by atoms with Gasteiger partial charge in [-0.05, 0) is 129 Å². The van der Waals surface area contributed by atoms with Crippen LogP contribution in [-0.2, 0) is 9.57 Å². The van der Waals surface area contributed by atoms with Crippen molar-refractivity contribution in [1.82, 2.24) is 4.90 Å². The summed E-state index contributed by atoms with van der Waals surface area (Å²) in [4.78, 5) is 23.7. The monoisotopic (exact) mass is 807 g/mol. The summed E-state index contributed by atoms with van der Waals surface area (Å²) in [7, 11) is 0. The van der Waals surface area contributed by atoms with E-state index < -0.39 is 17.7 Å². The van der Waals surface area contributed by atoms with Crippen molar-refractivity contribution in [2.24, 2.45) is 22.9 Å². The number of nitrogens with zero attached hydrogens (tertiary/aromatic N) is 3. The largest absolute Gasteiger partial charge is 0.459 e. The summed E-state index contributed by atoms with van der Waals surface area (Å²) < 4.78 is 20.9. The third-order valence-corrected chi connectivity index (χ3v) is 12.3. The van der Waals surface area contributed by atoms with Gasteiger partial charge in [-0.2, -0.15) is 5.26 Å². The highest BCUT2D eigenvalue weighted by molar-refractivity contribution is 7.98. The third kappa shape index (κ3) is 9.16. The number of fused-ring (bicyclic) bond motifs is 2. The quantitative estimate of drug-likeness (QED) is 0.0496. The van der Waals surface area contributed by atoms with Gasteiger partial charge >= 0.3 is 0 Å². The maximum absolute atomic E-state index is 14.8. The number of nitriles is 1. The summed E-state index contributed by atoms with van der Waals surface area (Å²) in [5.74, 6) is 0.128. The summed E-state index contributed by atoms with van der Waals surface area (Å²) in [5.41, 5.74) is 3.66. The van der Waals surface area contributed by atoms with Crippen LogP contribution >= 0.6 is 11.8 Å². The predicted molar refractivity (Wildman–Crippen MR) is 227 cm³/mol. The van der Waals surface area contributed by atoms with E-state index in [0.29, 0.717) is 61.5 Å². The molecule has 58 heavy (non-hydrogen) atoms. The molecule has 10 nitrogen and oxygen atoms in total. The lowest BCUT2D eigenvalue weighted by molar-refractivity contribution is -0.254. The molecule has 0 spiro atoms. The highest BCUT2D eigenvalue weighted by atomic mass is 32.2. The third-order valence-electron chi connectivity index (χ3n) is 11.6. The number of carbonyl (C=O) groups is 1. The standard InChI is InChI=1S/C47H57N3O7S/c1-5-24-50(46(53)33-16-14-32(31-48)15-17-33)43-30-41(49-55-7-3)39-28-34(12-8-10-25-51)38(13-9-11-26-52)44-40-29-36(56-35-18-21-37(58-4)22-19-35)20-23-42(40)57-47(43,45(39)44)54-27-6-2/h6,14-23,28-29,34,38,43-45,51-52H,2,5,7-13,24-27,30H2,1,3-4H3. The van der Waals surface area contributed by atoms with Crippen molar-refractivity contribution in [3.8, 4) is 23.3 Å². The number of aliphatic hydroxyl groups is 2. The minimum atomic E-state index is -1.36. The molecular formula is C47H57N3O7S. The Bertz CT molecular complexity index is 1960. The molecule has 308 valence electrons. The Labute approximate surface area is 347 Å². The first-order chi connectivity index (χ1) is 28.4. The van der Waals surface area contributed by atoms with Gasteiger partial charge in [-0.1, -0.05) is 37.1 Å². The summed E-state index contributed by atoms with van der Waals surface area (Å²) in [6.07, 6.45) is 11.8. The van der Waals surface area contributed by atoms with Crippen LogP contribution < -0.4 is 9.47 Å². The van der Waals surface area contributed by atoms with Crippen LogP contribution in [0, 0.1) is 29.1 Å². The molecule has 0 saturated heterocycles. The molecule has 0 aromatic heterocycles. The van der Waals surface area contributed by atoms with Gasteiger partial charge in [0.05, 0.1) is 29.9 Å². The van der Waals surface area contributed by atoms with Crippen LogP contribution in [0.3, 0.4) is 0 Å². The lowest BCUT2D eigenvalue weighted by atomic mass is 9.55. The number of rotatable bonds is 20. The lowest BCUT2D eigenvalue weighted by Gasteiger charge is -2.60. The van der Waals surface area contributed by atoms with E-state index in [4.69, 9.17) is 24.2 Å². The fraction of sp³-hybridized carbons (Fsp3) is 0.468. The molecule has 11 heteroatoms. The molecule has 1 heterocycles. The Kier molecular flexibility index (Phi) is 15.1. The number of hydrogen-bond acceptors (Lipinski definition) is 10.